The van der Waals surface area contributed by atoms with Gasteiger partial charge in [0.2, 0.25) is 5.91 Å². The number of nitrogens with zero attached hydrogens (tertiary/aromatic N) is 1. The lowest BCUT2D eigenvalue weighted by Crippen LogP contribution is -2.47. The van der Waals surface area contributed by atoms with Gasteiger partial charge in [0.05, 0.1) is 12.1 Å². The number of carbonyl (C=O) groups is 1. The van der Waals surface area contributed by atoms with Gasteiger partial charge in [-0.15, -0.1) is 11.3 Å². The van der Waals surface area contributed by atoms with Crippen LogP contribution < -0.4 is 0 Å². The van der Waals surface area contributed by atoms with Gasteiger partial charge in [-0.3, -0.25) is 4.79 Å². The highest BCUT2D eigenvalue weighted by atomic mass is 32.1. The number of carbonyl (C=O) groups excluding carboxylic acids is 1. The first-order valence-corrected chi connectivity index (χ1v) is 7.29. The van der Waals surface area contributed by atoms with Crippen LogP contribution in [0.4, 0.5) is 0 Å². The second kappa shape index (κ2) is 5.41. The van der Waals surface area contributed by atoms with Gasteiger partial charge in [0, 0.05) is 24.4 Å². The third-order valence-electron chi connectivity index (χ3n) is 3.42. The molecule has 1 aliphatic heterocycles. The molecule has 2 heterocycles. The van der Waals surface area contributed by atoms with Gasteiger partial charge in [0.15, 0.2) is 0 Å². The monoisotopic (exact) mass is 267 g/mol. The molecule has 1 fully saturated rings. The van der Waals surface area contributed by atoms with E-state index in [1.54, 1.807) is 18.3 Å². The first kappa shape index (κ1) is 13.6. The second-order valence-electron chi connectivity index (χ2n) is 5.48. The molecule has 0 aliphatic carbocycles. The van der Waals surface area contributed by atoms with Crippen LogP contribution >= 0.6 is 11.3 Å². The molecule has 0 N–H and O–H groups in total. The number of rotatable bonds is 3. The SMILES string of the molecule is CC(=O)N(Cc1cccs1)[C@@H]1CCOC(C)(C)C1. The summed E-state index contributed by atoms with van der Waals surface area (Å²) in [4.78, 5) is 15.1. The van der Waals surface area contributed by atoms with Crippen LogP contribution in [0.1, 0.15) is 38.5 Å². The second-order valence-corrected chi connectivity index (χ2v) is 6.51. The molecule has 0 bridgehead atoms. The topological polar surface area (TPSA) is 29.5 Å². The van der Waals surface area contributed by atoms with Crippen LogP contribution in [0.2, 0.25) is 0 Å². The van der Waals surface area contributed by atoms with E-state index in [1.807, 2.05) is 11.0 Å². The number of ether oxygens (including phenoxy) is 1. The van der Waals surface area contributed by atoms with Crippen molar-refractivity contribution in [3.8, 4) is 0 Å². The summed E-state index contributed by atoms with van der Waals surface area (Å²) in [5, 5.41) is 2.06. The third kappa shape index (κ3) is 3.33. The summed E-state index contributed by atoms with van der Waals surface area (Å²) in [6.45, 7) is 7.33. The quantitative estimate of drug-likeness (QED) is 0.842. The van der Waals surface area contributed by atoms with Gasteiger partial charge >= 0.3 is 0 Å². The van der Waals surface area contributed by atoms with Crippen LogP contribution in [0.25, 0.3) is 0 Å². The predicted octanol–water partition coefficient (Wildman–Crippen LogP) is 3.05. The lowest BCUT2D eigenvalue weighted by atomic mass is 9.92. The maximum atomic E-state index is 11.9. The Morgan fingerprint density at radius 1 is 1.61 bits per heavy atom. The fraction of sp³-hybridized carbons (Fsp3) is 0.643. The van der Waals surface area contributed by atoms with Gasteiger partial charge in [-0.2, -0.15) is 0 Å². The van der Waals surface area contributed by atoms with Crippen molar-refractivity contribution >= 4 is 17.2 Å². The molecule has 1 saturated heterocycles. The van der Waals surface area contributed by atoms with Crippen molar-refractivity contribution in [1.82, 2.24) is 4.90 Å². The Labute approximate surface area is 113 Å². The van der Waals surface area contributed by atoms with Crippen molar-refractivity contribution < 1.29 is 9.53 Å². The molecule has 3 nitrogen and oxygen atoms in total. The van der Waals surface area contributed by atoms with Crippen molar-refractivity contribution in [2.75, 3.05) is 6.61 Å². The maximum absolute atomic E-state index is 11.9. The number of amides is 1. The Morgan fingerprint density at radius 2 is 2.39 bits per heavy atom. The van der Waals surface area contributed by atoms with Crippen LogP contribution in [-0.2, 0) is 16.1 Å². The van der Waals surface area contributed by atoms with E-state index in [-0.39, 0.29) is 11.5 Å². The molecule has 2 rings (SSSR count). The number of thiophene rings is 1. The van der Waals surface area contributed by atoms with Crippen molar-refractivity contribution in [3.05, 3.63) is 22.4 Å². The van der Waals surface area contributed by atoms with Crippen molar-refractivity contribution in [3.63, 3.8) is 0 Å². The highest BCUT2D eigenvalue weighted by Crippen LogP contribution is 2.28. The van der Waals surface area contributed by atoms with Crippen LogP contribution in [-0.4, -0.2) is 29.1 Å². The maximum Gasteiger partial charge on any atom is 0.220 e. The highest BCUT2D eigenvalue weighted by Gasteiger charge is 2.33. The van der Waals surface area contributed by atoms with Crippen molar-refractivity contribution in [1.29, 1.82) is 0 Å². The molecule has 1 atom stereocenters. The van der Waals surface area contributed by atoms with E-state index in [2.05, 4.69) is 25.3 Å². The highest BCUT2D eigenvalue weighted by molar-refractivity contribution is 7.09. The molecule has 18 heavy (non-hydrogen) atoms. The van der Waals surface area contributed by atoms with Crippen LogP contribution in [0.3, 0.4) is 0 Å². The summed E-state index contributed by atoms with van der Waals surface area (Å²) in [5.74, 6) is 0.158. The standard InChI is InChI=1S/C14H21NO2S/c1-11(16)15(10-13-5-4-8-18-13)12-6-7-17-14(2,3)9-12/h4-5,8,12H,6-7,9-10H2,1-3H3/t12-/m1/s1. The fourth-order valence-electron chi connectivity index (χ4n) is 2.53. The first-order valence-electron chi connectivity index (χ1n) is 6.41. The zero-order chi connectivity index (χ0) is 13.2. The molecular weight excluding hydrogens is 246 g/mol. The predicted molar refractivity (Wildman–Crippen MR) is 73.6 cm³/mol. The van der Waals surface area contributed by atoms with E-state index in [0.717, 1.165) is 26.0 Å². The van der Waals surface area contributed by atoms with Gasteiger partial charge in [-0.1, -0.05) is 6.07 Å². The molecule has 1 aromatic heterocycles. The average molecular weight is 267 g/mol. The largest absolute Gasteiger partial charge is 0.375 e. The van der Waals surface area contributed by atoms with Gasteiger partial charge in [-0.25, -0.2) is 0 Å². The lowest BCUT2D eigenvalue weighted by molar-refractivity contribution is -0.138. The van der Waals surface area contributed by atoms with Gasteiger partial charge in [0.1, 0.15) is 0 Å². The third-order valence-corrected chi connectivity index (χ3v) is 4.28. The Morgan fingerprint density at radius 3 is 2.94 bits per heavy atom. The molecule has 0 spiro atoms. The van der Waals surface area contributed by atoms with E-state index in [0.29, 0.717) is 6.04 Å². The molecule has 1 amide bonds. The molecule has 0 aromatic carbocycles. The Hall–Kier alpha value is -0.870. The van der Waals surface area contributed by atoms with Crippen LogP contribution in [0.5, 0.6) is 0 Å². The van der Waals surface area contributed by atoms with E-state index < -0.39 is 0 Å². The van der Waals surface area contributed by atoms with Gasteiger partial charge in [0.25, 0.3) is 0 Å². The summed E-state index contributed by atoms with van der Waals surface area (Å²) < 4.78 is 5.73. The summed E-state index contributed by atoms with van der Waals surface area (Å²) in [5.41, 5.74) is -0.119. The van der Waals surface area contributed by atoms with Gasteiger partial charge in [-0.05, 0) is 38.1 Å². The van der Waals surface area contributed by atoms with E-state index in [9.17, 15) is 4.79 Å². The minimum Gasteiger partial charge on any atom is -0.375 e. The van der Waals surface area contributed by atoms with Crippen molar-refractivity contribution in [2.24, 2.45) is 0 Å². The fourth-order valence-corrected chi connectivity index (χ4v) is 3.24. The number of hydrogen-bond acceptors (Lipinski definition) is 3. The Balaban J connectivity index is 2.07. The van der Waals surface area contributed by atoms with Crippen LogP contribution in [0.15, 0.2) is 17.5 Å². The molecule has 0 unspecified atom stereocenters. The first-order chi connectivity index (χ1) is 8.48. The van der Waals surface area contributed by atoms with E-state index >= 15 is 0 Å². The van der Waals surface area contributed by atoms with Crippen LogP contribution in [0, 0.1) is 0 Å². The lowest BCUT2D eigenvalue weighted by Gasteiger charge is -2.40. The summed E-state index contributed by atoms with van der Waals surface area (Å²) in [6.07, 6.45) is 1.85. The molecule has 1 aliphatic rings. The summed E-state index contributed by atoms with van der Waals surface area (Å²) in [6, 6.07) is 4.42. The average Bonchev–Trinajstić information content (AvgIpc) is 2.76. The Kier molecular flexibility index (Phi) is 4.07. The minimum atomic E-state index is -0.119. The molecule has 0 saturated carbocycles. The molecular formula is C14H21NO2S. The molecule has 100 valence electrons. The zero-order valence-corrected chi connectivity index (χ0v) is 12.1. The van der Waals surface area contributed by atoms with E-state index in [1.165, 1.54) is 4.88 Å². The normalized spacial score (nSPS) is 22.7. The Bertz CT molecular complexity index is 400. The number of hydrogen-bond donors (Lipinski definition) is 0. The summed E-state index contributed by atoms with van der Waals surface area (Å²) in [7, 11) is 0. The molecule has 1 aromatic rings. The minimum absolute atomic E-state index is 0.119. The molecule has 4 heteroatoms. The van der Waals surface area contributed by atoms with E-state index in [4.69, 9.17) is 4.74 Å². The van der Waals surface area contributed by atoms with Crippen molar-refractivity contribution in [2.45, 2.75) is 51.8 Å². The smallest absolute Gasteiger partial charge is 0.220 e. The summed E-state index contributed by atoms with van der Waals surface area (Å²) >= 11 is 1.71. The molecule has 0 radical (unpaired) electrons. The zero-order valence-electron chi connectivity index (χ0n) is 11.3. The van der Waals surface area contributed by atoms with Gasteiger partial charge < -0.3 is 9.64 Å².